The summed E-state index contributed by atoms with van der Waals surface area (Å²) in [5.41, 5.74) is 4.19. The summed E-state index contributed by atoms with van der Waals surface area (Å²) < 4.78 is 9.69. The van der Waals surface area contributed by atoms with Gasteiger partial charge in [0, 0.05) is 48.6 Å². The van der Waals surface area contributed by atoms with E-state index < -0.39 is 0 Å². The fraction of sp³-hybridized carbons (Fsp3) is 0.478. The van der Waals surface area contributed by atoms with E-state index in [1.165, 1.54) is 12.8 Å². The van der Waals surface area contributed by atoms with Gasteiger partial charge in [0.25, 0.3) is 0 Å². The van der Waals surface area contributed by atoms with E-state index in [0.717, 1.165) is 60.5 Å². The van der Waals surface area contributed by atoms with Gasteiger partial charge < -0.3 is 10.1 Å². The third-order valence-corrected chi connectivity index (χ3v) is 6.28. The molecule has 1 fully saturated rings. The summed E-state index contributed by atoms with van der Waals surface area (Å²) in [5, 5.41) is 8.10. The van der Waals surface area contributed by atoms with E-state index in [4.69, 9.17) is 4.74 Å². The zero-order valence-corrected chi connectivity index (χ0v) is 18.2. The number of hydrogen-bond acceptors (Lipinski definition) is 6. The summed E-state index contributed by atoms with van der Waals surface area (Å²) in [5.74, 6) is 2.04. The number of ether oxygens (including phenoxy) is 1. The molecule has 1 N–H and O–H groups in total. The molecule has 0 spiro atoms. The van der Waals surface area contributed by atoms with Crippen LogP contribution in [0.25, 0.3) is 22.4 Å². The highest BCUT2D eigenvalue weighted by molar-refractivity contribution is 5.79. The summed E-state index contributed by atoms with van der Waals surface area (Å²) >= 11 is 0. The molecule has 0 bridgehead atoms. The van der Waals surface area contributed by atoms with Crippen molar-refractivity contribution in [2.75, 3.05) is 18.5 Å². The Bertz CT molecular complexity index is 1170. The minimum atomic E-state index is 0.441. The van der Waals surface area contributed by atoms with Crippen molar-refractivity contribution < 1.29 is 4.74 Å². The molecule has 5 rings (SSSR count). The van der Waals surface area contributed by atoms with Gasteiger partial charge in [-0.05, 0) is 51.0 Å². The summed E-state index contributed by atoms with van der Waals surface area (Å²) in [7, 11) is 0. The van der Waals surface area contributed by atoms with Crippen molar-refractivity contribution >= 4 is 17.2 Å². The topological polar surface area (TPSA) is 81.6 Å². The number of imidazole rings is 1. The number of hydrogen-bond donors (Lipinski definition) is 1. The van der Waals surface area contributed by atoms with Crippen LogP contribution in [-0.2, 0) is 11.2 Å². The molecule has 31 heavy (non-hydrogen) atoms. The Hall–Kier alpha value is -3.00. The van der Waals surface area contributed by atoms with Gasteiger partial charge in [0.15, 0.2) is 0 Å². The molecule has 0 radical (unpaired) electrons. The first-order valence-electron chi connectivity index (χ1n) is 11.3. The Morgan fingerprint density at radius 1 is 1.06 bits per heavy atom. The van der Waals surface area contributed by atoms with Crippen LogP contribution in [0.4, 0.5) is 5.95 Å². The molecular weight excluding hydrogens is 390 g/mol. The van der Waals surface area contributed by atoms with Gasteiger partial charge in [-0.15, -0.1) is 5.10 Å². The monoisotopic (exact) mass is 419 g/mol. The Labute approximate surface area is 181 Å². The zero-order valence-electron chi connectivity index (χ0n) is 18.2. The number of fused-ring (bicyclic) bond motifs is 2. The smallest absolute Gasteiger partial charge is 0.241 e. The highest BCUT2D eigenvalue weighted by Gasteiger charge is 2.21. The summed E-state index contributed by atoms with van der Waals surface area (Å²) in [6, 6.07) is 2.06. The first kappa shape index (κ1) is 19.9. The van der Waals surface area contributed by atoms with Crippen molar-refractivity contribution in [1.29, 1.82) is 0 Å². The van der Waals surface area contributed by atoms with Crippen molar-refractivity contribution in [2.45, 2.75) is 52.1 Å². The molecule has 4 aromatic heterocycles. The van der Waals surface area contributed by atoms with Crippen LogP contribution in [0.3, 0.4) is 0 Å². The fourth-order valence-corrected chi connectivity index (χ4v) is 4.52. The van der Waals surface area contributed by atoms with E-state index in [9.17, 15) is 0 Å². The van der Waals surface area contributed by atoms with Crippen LogP contribution >= 0.6 is 0 Å². The lowest BCUT2D eigenvalue weighted by Crippen LogP contribution is -2.26. The molecule has 0 atom stereocenters. The van der Waals surface area contributed by atoms with E-state index in [1.54, 1.807) is 0 Å². The molecular formula is C23H29N7O. The standard InChI is InChI=1S/C23H29N7O/c1-3-18-13-27-23-26-12-17(15-29(18)23)20-9-10-30-21(20)14-25-22(28-30)24-11-16-5-7-19(8-6-16)31-4-2/h9-10,12-16,19H,3-8,11H2,1-2H3,(H,24,28). The summed E-state index contributed by atoms with van der Waals surface area (Å²) in [6.45, 7) is 5.91. The second-order valence-electron chi connectivity index (χ2n) is 8.24. The largest absolute Gasteiger partial charge is 0.379 e. The van der Waals surface area contributed by atoms with Crippen molar-refractivity contribution in [3.05, 3.63) is 42.7 Å². The maximum Gasteiger partial charge on any atom is 0.241 e. The van der Waals surface area contributed by atoms with Gasteiger partial charge in [0.2, 0.25) is 11.7 Å². The number of anilines is 1. The average molecular weight is 420 g/mol. The second-order valence-corrected chi connectivity index (χ2v) is 8.24. The molecule has 0 amide bonds. The summed E-state index contributed by atoms with van der Waals surface area (Å²) in [4.78, 5) is 13.4. The van der Waals surface area contributed by atoms with Crippen molar-refractivity contribution in [3.63, 3.8) is 0 Å². The van der Waals surface area contributed by atoms with Crippen LogP contribution in [0, 0.1) is 5.92 Å². The number of aromatic nitrogens is 6. The molecule has 1 saturated carbocycles. The van der Waals surface area contributed by atoms with Crippen LogP contribution in [0.15, 0.2) is 37.1 Å². The first-order valence-corrected chi connectivity index (χ1v) is 11.3. The minimum Gasteiger partial charge on any atom is -0.379 e. The molecule has 0 aromatic carbocycles. The highest BCUT2D eigenvalue weighted by atomic mass is 16.5. The Morgan fingerprint density at radius 3 is 2.71 bits per heavy atom. The Morgan fingerprint density at radius 2 is 1.90 bits per heavy atom. The molecule has 0 saturated heterocycles. The molecule has 4 heterocycles. The number of rotatable bonds is 7. The number of nitrogens with one attached hydrogen (secondary N) is 1. The van der Waals surface area contributed by atoms with Gasteiger partial charge in [-0.3, -0.25) is 4.40 Å². The molecule has 1 aliphatic carbocycles. The molecule has 4 aromatic rings. The van der Waals surface area contributed by atoms with Gasteiger partial charge in [-0.1, -0.05) is 6.92 Å². The second kappa shape index (κ2) is 8.63. The van der Waals surface area contributed by atoms with E-state index in [2.05, 4.69) is 55.9 Å². The Balaban J connectivity index is 1.30. The lowest BCUT2D eigenvalue weighted by molar-refractivity contribution is 0.0270. The molecule has 8 heteroatoms. The lowest BCUT2D eigenvalue weighted by atomic mass is 9.87. The summed E-state index contributed by atoms with van der Waals surface area (Å²) in [6.07, 6.45) is 15.7. The number of aryl methyl sites for hydroxylation is 1. The van der Waals surface area contributed by atoms with Crippen molar-refractivity contribution in [1.82, 2.24) is 29.0 Å². The van der Waals surface area contributed by atoms with Crippen LogP contribution in [0.2, 0.25) is 0 Å². The third kappa shape index (κ3) is 3.99. The highest BCUT2D eigenvalue weighted by Crippen LogP contribution is 2.27. The van der Waals surface area contributed by atoms with Crippen LogP contribution < -0.4 is 5.32 Å². The maximum absolute atomic E-state index is 5.75. The predicted octanol–water partition coefficient (Wildman–Crippen LogP) is 4.01. The molecule has 162 valence electrons. The molecule has 0 aliphatic heterocycles. The normalized spacial score (nSPS) is 19.3. The van der Waals surface area contributed by atoms with E-state index in [0.29, 0.717) is 18.0 Å². The Kier molecular flexibility index (Phi) is 5.55. The molecule has 8 nitrogen and oxygen atoms in total. The van der Waals surface area contributed by atoms with Gasteiger partial charge in [-0.2, -0.15) is 0 Å². The quantitative estimate of drug-likeness (QED) is 0.487. The van der Waals surface area contributed by atoms with Crippen LogP contribution in [-0.4, -0.2) is 48.2 Å². The van der Waals surface area contributed by atoms with E-state index >= 15 is 0 Å². The zero-order chi connectivity index (χ0) is 21.2. The SMILES string of the molecule is CCOC1CCC(CNc2ncc3c(-c4cnc5ncc(CC)n5c4)ccn3n2)CC1. The minimum absolute atomic E-state index is 0.441. The van der Waals surface area contributed by atoms with Crippen molar-refractivity contribution in [3.8, 4) is 11.1 Å². The van der Waals surface area contributed by atoms with Crippen LogP contribution in [0.1, 0.15) is 45.2 Å². The van der Waals surface area contributed by atoms with Gasteiger partial charge >= 0.3 is 0 Å². The van der Waals surface area contributed by atoms with Gasteiger partial charge in [-0.25, -0.2) is 19.5 Å². The first-order chi connectivity index (χ1) is 15.2. The van der Waals surface area contributed by atoms with Gasteiger partial charge in [0.1, 0.15) is 0 Å². The molecule has 0 unspecified atom stereocenters. The van der Waals surface area contributed by atoms with Gasteiger partial charge in [0.05, 0.1) is 24.0 Å². The predicted molar refractivity (Wildman–Crippen MR) is 120 cm³/mol. The average Bonchev–Trinajstić information content (AvgIpc) is 3.42. The maximum atomic E-state index is 5.75. The number of nitrogens with zero attached hydrogens (tertiary/aromatic N) is 6. The van der Waals surface area contributed by atoms with E-state index in [1.807, 2.05) is 29.3 Å². The van der Waals surface area contributed by atoms with Crippen molar-refractivity contribution in [2.24, 2.45) is 5.92 Å². The lowest BCUT2D eigenvalue weighted by Gasteiger charge is -2.28. The van der Waals surface area contributed by atoms with Crippen LogP contribution in [0.5, 0.6) is 0 Å². The third-order valence-electron chi connectivity index (χ3n) is 6.28. The molecule has 1 aliphatic rings. The van der Waals surface area contributed by atoms with E-state index in [-0.39, 0.29) is 0 Å². The fourth-order valence-electron chi connectivity index (χ4n) is 4.52.